The quantitative estimate of drug-likeness (QED) is 0.103. The summed E-state index contributed by atoms with van der Waals surface area (Å²) in [5.41, 5.74) is 1.60. The summed E-state index contributed by atoms with van der Waals surface area (Å²) in [4.78, 5) is 62.1. The number of alkyl carbamates (subject to hydrolysis) is 1. The van der Waals surface area contributed by atoms with E-state index >= 15 is 0 Å². The lowest BCUT2D eigenvalue weighted by atomic mass is 9.78. The van der Waals surface area contributed by atoms with Crippen molar-refractivity contribution >= 4 is 58.0 Å². The molecule has 0 bridgehead atoms. The number of aromatic amines is 1. The first-order chi connectivity index (χ1) is 24.9. The molecule has 5 rings (SSSR count). The zero-order valence-electron chi connectivity index (χ0n) is 29.8. The number of rotatable bonds is 14. The normalized spacial score (nSPS) is 17.7. The van der Waals surface area contributed by atoms with Crippen LogP contribution in [0.3, 0.4) is 0 Å². The number of fused-ring (bicyclic) bond motifs is 3. The molecule has 5 atom stereocenters. The standard InChI is InChI=1S/C37H44Cl2N6O7/c1-6-20(4)28(42-36(49)51-19-22-12-10-9-11-13-22)32(46)44-37(15-14-27-25(18-37)24-16-23(38)17-26(39)30(24)40-27)35(48)41-29(21(5)7-2)33-43-31(45-52-33)34(47)50-8-3/h9-13,16-17,20-21,28-29,40H,6-8,14-15,18-19H2,1-5H3,(H,41,48)(H,42,49)(H,44,46)/t20-,21?,28-,29?,37-/m0/s1. The van der Waals surface area contributed by atoms with Gasteiger partial charge in [0, 0.05) is 22.5 Å². The molecule has 52 heavy (non-hydrogen) atoms. The molecule has 2 aromatic heterocycles. The van der Waals surface area contributed by atoms with E-state index in [1.807, 2.05) is 58.0 Å². The van der Waals surface area contributed by atoms with Crippen molar-refractivity contribution in [3.63, 3.8) is 0 Å². The Morgan fingerprint density at radius 1 is 1.00 bits per heavy atom. The van der Waals surface area contributed by atoms with Gasteiger partial charge in [-0.05, 0) is 60.0 Å². The largest absolute Gasteiger partial charge is 0.460 e. The third-order valence-corrected chi connectivity index (χ3v) is 10.3. The summed E-state index contributed by atoms with van der Waals surface area (Å²) in [6, 6.07) is 10.8. The van der Waals surface area contributed by atoms with Crippen LogP contribution in [0, 0.1) is 11.8 Å². The topological polar surface area (TPSA) is 178 Å². The minimum atomic E-state index is -1.51. The van der Waals surface area contributed by atoms with Crippen LogP contribution in [0.25, 0.3) is 10.9 Å². The molecular weight excluding hydrogens is 711 g/mol. The van der Waals surface area contributed by atoms with Crippen molar-refractivity contribution in [3.8, 4) is 0 Å². The highest BCUT2D eigenvalue weighted by atomic mass is 35.5. The Labute approximate surface area is 311 Å². The molecule has 3 amide bonds. The van der Waals surface area contributed by atoms with Crippen molar-refractivity contribution in [1.29, 1.82) is 0 Å². The number of nitrogens with zero attached hydrogens (tertiary/aromatic N) is 2. The first-order valence-corrected chi connectivity index (χ1v) is 18.2. The summed E-state index contributed by atoms with van der Waals surface area (Å²) in [5.74, 6) is -2.59. The highest BCUT2D eigenvalue weighted by molar-refractivity contribution is 6.38. The third kappa shape index (κ3) is 8.53. The van der Waals surface area contributed by atoms with Gasteiger partial charge in [-0.1, -0.05) is 94.1 Å². The van der Waals surface area contributed by atoms with Crippen molar-refractivity contribution in [1.82, 2.24) is 31.1 Å². The van der Waals surface area contributed by atoms with Gasteiger partial charge in [0.25, 0.3) is 5.82 Å². The fraction of sp³-hybridized carbons (Fsp3) is 0.459. The van der Waals surface area contributed by atoms with Crippen LogP contribution in [0.2, 0.25) is 10.0 Å². The van der Waals surface area contributed by atoms with Crippen LogP contribution < -0.4 is 16.0 Å². The summed E-state index contributed by atoms with van der Waals surface area (Å²) in [6.07, 6.45) is 1.06. The number of nitrogens with one attached hydrogen (secondary N) is 4. The Kier molecular flexibility index (Phi) is 12.5. The molecule has 0 aliphatic heterocycles. The van der Waals surface area contributed by atoms with Crippen molar-refractivity contribution in [2.24, 2.45) is 11.8 Å². The van der Waals surface area contributed by atoms with Crippen molar-refractivity contribution in [2.75, 3.05) is 6.61 Å². The highest BCUT2D eigenvalue weighted by Crippen LogP contribution is 2.39. The first kappa shape index (κ1) is 38.6. The molecule has 0 saturated carbocycles. The first-order valence-electron chi connectivity index (χ1n) is 17.5. The number of H-pyrrole nitrogens is 1. The molecule has 13 nitrogen and oxygen atoms in total. The van der Waals surface area contributed by atoms with Crippen LogP contribution in [-0.4, -0.2) is 57.2 Å². The molecule has 2 unspecified atom stereocenters. The van der Waals surface area contributed by atoms with E-state index in [0.717, 1.165) is 22.2 Å². The highest BCUT2D eigenvalue weighted by Gasteiger charge is 2.47. The molecule has 2 aromatic carbocycles. The van der Waals surface area contributed by atoms with E-state index in [4.69, 9.17) is 37.2 Å². The van der Waals surface area contributed by atoms with Crippen LogP contribution in [0.4, 0.5) is 4.79 Å². The molecule has 4 N–H and O–H groups in total. The van der Waals surface area contributed by atoms with Crippen LogP contribution in [0.1, 0.15) is 93.3 Å². The molecule has 1 aliphatic rings. The van der Waals surface area contributed by atoms with Gasteiger partial charge < -0.3 is 34.9 Å². The molecule has 0 saturated heterocycles. The molecule has 15 heteroatoms. The number of aromatic nitrogens is 3. The van der Waals surface area contributed by atoms with Gasteiger partial charge in [0.15, 0.2) is 0 Å². The summed E-state index contributed by atoms with van der Waals surface area (Å²) < 4.78 is 15.9. The molecule has 0 spiro atoms. The van der Waals surface area contributed by atoms with E-state index in [1.54, 1.807) is 19.1 Å². The molecular formula is C37H44Cl2N6O7. The van der Waals surface area contributed by atoms with Crippen molar-refractivity contribution < 1.29 is 33.2 Å². The number of hydrogen-bond donors (Lipinski definition) is 4. The Bertz CT molecular complexity index is 1910. The Hall–Kier alpha value is -4.62. The smallest absolute Gasteiger partial charge is 0.408 e. The van der Waals surface area contributed by atoms with Gasteiger partial charge in [0.1, 0.15) is 24.2 Å². The summed E-state index contributed by atoms with van der Waals surface area (Å²) >= 11 is 13.0. The second-order valence-electron chi connectivity index (χ2n) is 13.2. The van der Waals surface area contributed by atoms with E-state index in [2.05, 4.69) is 31.1 Å². The third-order valence-electron chi connectivity index (χ3n) is 9.74. The maximum Gasteiger partial charge on any atom is 0.408 e. The lowest BCUT2D eigenvalue weighted by Crippen LogP contribution is -2.65. The minimum absolute atomic E-state index is 0.0207. The number of hydrogen-bond acceptors (Lipinski definition) is 9. The molecule has 2 heterocycles. The number of ether oxygens (including phenoxy) is 2. The minimum Gasteiger partial charge on any atom is -0.460 e. The van der Waals surface area contributed by atoms with Crippen LogP contribution >= 0.6 is 23.2 Å². The number of carbonyl (C=O) groups excluding carboxylic acids is 4. The lowest BCUT2D eigenvalue weighted by molar-refractivity contribution is -0.136. The maximum absolute atomic E-state index is 14.8. The number of amides is 3. The van der Waals surface area contributed by atoms with E-state index in [1.165, 1.54) is 0 Å². The van der Waals surface area contributed by atoms with Gasteiger partial charge in [-0.2, -0.15) is 4.98 Å². The Morgan fingerprint density at radius 3 is 2.42 bits per heavy atom. The predicted octanol–water partition coefficient (Wildman–Crippen LogP) is 6.62. The van der Waals surface area contributed by atoms with Gasteiger partial charge in [-0.3, -0.25) is 9.59 Å². The van der Waals surface area contributed by atoms with E-state index in [-0.39, 0.29) is 49.6 Å². The lowest BCUT2D eigenvalue weighted by Gasteiger charge is -2.39. The van der Waals surface area contributed by atoms with Gasteiger partial charge in [0.2, 0.25) is 17.7 Å². The molecule has 1 aliphatic carbocycles. The zero-order valence-corrected chi connectivity index (χ0v) is 31.3. The molecule has 0 fully saturated rings. The average Bonchev–Trinajstić information content (AvgIpc) is 3.77. The molecule has 278 valence electrons. The fourth-order valence-corrected chi connectivity index (χ4v) is 6.88. The van der Waals surface area contributed by atoms with Gasteiger partial charge in [-0.15, -0.1) is 0 Å². The SMILES string of the molecule is CCOC(=O)c1noc(C(NC(=O)[C@]2(NC(=O)[C@@H](NC(=O)OCc3ccccc3)[C@@H](C)CC)CCc3[nH]c4c(Cl)cc(Cl)cc4c3C2)C(C)CC)n1. The summed E-state index contributed by atoms with van der Waals surface area (Å²) in [5, 5.41) is 14.2. The van der Waals surface area contributed by atoms with Crippen LogP contribution in [0.15, 0.2) is 47.0 Å². The number of esters is 1. The number of carbonyl (C=O) groups is 4. The predicted molar refractivity (Wildman–Crippen MR) is 195 cm³/mol. The van der Waals surface area contributed by atoms with Gasteiger partial charge in [-0.25, -0.2) is 9.59 Å². The molecule has 4 aromatic rings. The second-order valence-corrected chi connectivity index (χ2v) is 14.1. The fourth-order valence-electron chi connectivity index (χ4n) is 6.34. The molecule has 0 radical (unpaired) electrons. The van der Waals surface area contributed by atoms with E-state index in [9.17, 15) is 19.2 Å². The number of benzene rings is 2. The second kappa shape index (κ2) is 16.8. The van der Waals surface area contributed by atoms with Crippen LogP contribution in [-0.2, 0) is 38.5 Å². The van der Waals surface area contributed by atoms with Crippen LogP contribution in [0.5, 0.6) is 0 Å². The monoisotopic (exact) mass is 754 g/mol. The summed E-state index contributed by atoms with van der Waals surface area (Å²) in [6.45, 7) is 9.39. The van der Waals surface area contributed by atoms with Gasteiger partial charge >= 0.3 is 12.1 Å². The number of halogens is 2. The Balaban J connectivity index is 1.48. The van der Waals surface area contributed by atoms with Gasteiger partial charge in [0.05, 0.1) is 17.1 Å². The Morgan fingerprint density at radius 2 is 1.73 bits per heavy atom. The number of aryl methyl sites for hydroxylation is 1. The summed E-state index contributed by atoms with van der Waals surface area (Å²) in [7, 11) is 0. The van der Waals surface area contributed by atoms with Crippen molar-refractivity contribution in [3.05, 3.63) is 81.0 Å². The zero-order chi connectivity index (χ0) is 37.6. The van der Waals surface area contributed by atoms with E-state index in [0.29, 0.717) is 34.8 Å². The van der Waals surface area contributed by atoms with E-state index < -0.39 is 41.5 Å². The van der Waals surface area contributed by atoms with Crippen molar-refractivity contribution in [2.45, 2.75) is 91.0 Å². The maximum atomic E-state index is 14.8. The average molecular weight is 756 g/mol.